The lowest BCUT2D eigenvalue weighted by atomic mass is 9.41. The van der Waals surface area contributed by atoms with Gasteiger partial charge < -0.3 is 14.4 Å². The highest BCUT2D eigenvalue weighted by molar-refractivity contribution is 6.40. The van der Waals surface area contributed by atoms with Gasteiger partial charge >= 0.3 is 0 Å². The topological polar surface area (TPSA) is 21.7 Å². The Bertz CT molecular complexity index is 560. The van der Waals surface area contributed by atoms with Crippen LogP contribution in [0.5, 0.6) is 11.5 Å². The van der Waals surface area contributed by atoms with E-state index in [2.05, 4.69) is 24.1 Å². The molecule has 2 fully saturated rings. The Morgan fingerprint density at radius 2 is 1.82 bits per heavy atom. The van der Waals surface area contributed by atoms with E-state index in [1.807, 2.05) is 6.07 Å². The van der Waals surface area contributed by atoms with Gasteiger partial charge in [-0.2, -0.15) is 0 Å². The average Bonchev–Trinajstić information content (AvgIpc) is 2.86. The molecule has 0 aromatic heterocycles. The second-order valence-electron chi connectivity index (χ2n) is 6.82. The summed E-state index contributed by atoms with van der Waals surface area (Å²) in [6, 6.07) is 6.40. The van der Waals surface area contributed by atoms with E-state index in [4.69, 9.17) is 25.2 Å². The standard InChI is InChI=1S/C17H23B2NO2/c1-20-10-9-16(7-4-8-17(18,19)15(16)20)12-5-6-13(21-2)14(11-12)22-3/h5-6,11,15H,4,7-10H2,1-3H3/t15?,16-/m0/s1. The number of methoxy groups -OCH3 is 2. The molecular weight excluding hydrogens is 272 g/mol. The molecule has 0 amide bonds. The Labute approximate surface area is 136 Å². The number of hydrogen-bond acceptors (Lipinski definition) is 3. The van der Waals surface area contributed by atoms with Crippen LogP contribution in [0.15, 0.2) is 18.2 Å². The molecule has 22 heavy (non-hydrogen) atoms. The Morgan fingerprint density at radius 1 is 1.09 bits per heavy atom. The smallest absolute Gasteiger partial charge is 0.161 e. The first-order chi connectivity index (χ1) is 10.4. The summed E-state index contributed by atoms with van der Waals surface area (Å²) < 4.78 is 10.9. The van der Waals surface area contributed by atoms with Gasteiger partial charge in [0.05, 0.1) is 29.9 Å². The molecule has 3 rings (SSSR count). The average molecular weight is 295 g/mol. The number of nitrogens with zero attached hydrogens (tertiary/aromatic N) is 1. The first-order valence-electron chi connectivity index (χ1n) is 7.95. The van der Waals surface area contributed by atoms with Crippen molar-refractivity contribution in [1.82, 2.24) is 4.90 Å². The number of likely N-dealkylation sites (N-methyl/N-ethyl adjacent to an activating group) is 1. The minimum Gasteiger partial charge on any atom is -0.493 e. The van der Waals surface area contributed by atoms with Crippen molar-refractivity contribution in [2.75, 3.05) is 27.8 Å². The minimum atomic E-state index is -0.642. The summed E-state index contributed by atoms with van der Waals surface area (Å²) in [5.74, 6) is 1.53. The molecule has 1 heterocycles. The molecular formula is C17H23B2NO2. The molecule has 2 atom stereocenters. The zero-order valence-corrected chi connectivity index (χ0v) is 13.8. The molecule has 1 aromatic rings. The van der Waals surface area contributed by atoms with Crippen LogP contribution >= 0.6 is 0 Å². The van der Waals surface area contributed by atoms with Gasteiger partial charge in [-0.25, -0.2) is 0 Å². The predicted octanol–water partition coefficient (Wildman–Crippen LogP) is 2.28. The quantitative estimate of drug-likeness (QED) is 0.799. The molecule has 114 valence electrons. The van der Waals surface area contributed by atoms with E-state index in [1.165, 1.54) is 5.56 Å². The molecule has 0 spiro atoms. The molecule has 2 aliphatic rings. The van der Waals surface area contributed by atoms with E-state index in [-0.39, 0.29) is 11.5 Å². The van der Waals surface area contributed by atoms with Crippen molar-refractivity contribution in [2.24, 2.45) is 0 Å². The van der Waals surface area contributed by atoms with Crippen LogP contribution < -0.4 is 9.47 Å². The third-order valence-electron chi connectivity index (χ3n) is 5.58. The molecule has 1 aliphatic carbocycles. The zero-order valence-electron chi connectivity index (χ0n) is 13.8. The highest BCUT2D eigenvalue weighted by Gasteiger charge is 2.54. The highest BCUT2D eigenvalue weighted by Crippen LogP contribution is 2.56. The van der Waals surface area contributed by atoms with Gasteiger partial charge in [-0.15, -0.1) is 0 Å². The van der Waals surface area contributed by atoms with Gasteiger partial charge in [0, 0.05) is 11.5 Å². The summed E-state index contributed by atoms with van der Waals surface area (Å²) in [6.07, 6.45) is 4.14. The maximum absolute atomic E-state index is 6.48. The van der Waals surface area contributed by atoms with Crippen LogP contribution in [0.4, 0.5) is 0 Å². The summed E-state index contributed by atoms with van der Waals surface area (Å²) in [5, 5.41) is -0.642. The predicted molar refractivity (Wildman–Crippen MR) is 90.3 cm³/mol. The van der Waals surface area contributed by atoms with Crippen molar-refractivity contribution >= 4 is 15.7 Å². The lowest BCUT2D eigenvalue weighted by molar-refractivity contribution is 0.165. The largest absolute Gasteiger partial charge is 0.493 e. The molecule has 4 radical (unpaired) electrons. The normalized spacial score (nSPS) is 30.8. The van der Waals surface area contributed by atoms with Gasteiger partial charge in [-0.1, -0.05) is 24.1 Å². The fraction of sp³-hybridized carbons (Fsp3) is 0.647. The molecule has 1 saturated heterocycles. The number of hydrogen-bond donors (Lipinski definition) is 0. The summed E-state index contributed by atoms with van der Waals surface area (Å²) in [4.78, 5) is 2.33. The van der Waals surface area contributed by atoms with E-state index >= 15 is 0 Å². The minimum absolute atomic E-state index is 0.00997. The second kappa shape index (κ2) is 5.52. The van der Waals surface area contributed by atoms with Crippen molar-refractivity contribution < 1.29 is 9.47 Å². The molecule has 1 aliphatic heterocycles. The molecule has 5 heteroatoms. The summed E-state index contributed by atoms with van der Waals surface area (Å²) in [5.41, 5.74) is 1.27. The monoisotopic (exact) mass is 295 g/mol. The summed E-state index contributed by atoms with van der Waals surface area (Å²) in [7, 11) is 18.4. The third kappa shape index (κ3) is 2.25. The lowest BCUT2D eigenvalue weighted by Crippen LogP contribution is -2.52. The third-order valence-corrected chi connectivity index (χ3v) is 5.58. The number of fused-ring (bicyclic) bond motifs is 1. The van der Waals surface area contributed by atoms with Crippen LogP contribution in [0.3, 0.4) is 0 Å². The maximum Gasteiger partial charge on any atom is 0.161 e. The lowest BCUT2D eigenvalue weighted by Gasteiger charge is -2.52. The Hall–Kier alpha value is -1.09. The molecule has 3 nitrogen and oxygen atoms in total. The van der Waals surface area contributed by atoms with Crippen molar-refractivity contribution in [1.29, 1.82) is 0 Å². The van der Waals surface area contributed by atoms with E-state index in [1.54, 1.807) is 14.2 Å². The van der Waals surface area contributed by atoms with Crippen LogP contribution in [-0.4, -0.2) is 54.4 Å². The van der Waals surface area contributed by atoms with Crippen LogP contribution in [0.1, 0.15) is 31.2 Å². The van der Waals surface area contributed by atoms with Crippen molar-refractivity contribution in [2.45, 2.75) is 42.4 Å². The van der Waals surface area contributed by atoms with Crippen molar-refractivity contribution in [3.8, 4) is 11.5 Å². The number of benzene rings is 1. The van der Waals surface area contributed by atoms with Gasteiger partial charge in [0.1, 0.15) is 0 Å². The fourth-order valence-electron chi connectivity index (χ4n) is 4.69. The zero-order chi connectivity index (χ0) is 16.0. The van der Waals surface area contributed by atoms with E-state index in [9.17, 15) is 0 Å². The van der Waals surface area contributed by atoms with Crippen LogP contribution in [0.2, 0.25) is 5.21 Å². The maximum atomic E-state index is 6.48. The Morgan fingerprint density at radius 3 is 2.50 bits per heavy atom. The number of ether oxygens (including phenoxy) is 2. The van der Waals surface area contributed by atoms with Gasteiger partial charge in [0.2, 0.25) is 0 Å². The summed E-state index contributed by atoms with van der Waals surface area (Å²) in [6.45, 7) is 1.02. The van der Waals surface area contributed by atoms with Crippen LogP contribution in [-0.2, 0) is 5.41 Å². The molecule has 1 saturated carbocycles. The van der Waals surface area contributed by atoms with E-state index in [0.717, 1.165) is 43.7 Å². The van der Waals surface area contributed by atoms with E-state index < -0.39 is 5.21 Å². The first kappa shape index (κ1) is 15.8. The van der Waals surface area contributed by atoms with Crippen LogP contribution in [0, 0.1) is 0 Å². The highest BCUT2D eigenvalue weighted by atomic mass is 16.5. The number of likely N-dealkylation sites (tertiary alicyclic amines) is 1. The molecule has 0 N–H and O–H groups in total. The van der Waals surface area contributed by atoms with Gasteiger partial charge in [0.15, 0.2) is 11.5 Å². The number of rotatable bonds is 3. The Balaban J connectivity index is 2.08. The SMILES string of the molecule is [B]C1([B])CCC[C@@]2(c3ccc(OC)c(OC)c3)CCN(C)C12. The Kier molecular flexibility index (Phi) is 3.96. The van der Waals surface area contributed by atoms with Gasteiger partial charge in [0.25, 0.3) is 0 Å². The molecule has 1 unspecified atom stereocenters. The second-order valence-corrected chi connectivity index (χ2v) is 6.82. The first-order valence-corrected chi connectivity index (χ1v) is 7.95. The fourth-order valence-corrected chi connectivity index (χ4v) is 4.69. The van der Waals surface area contributed by atoms with Crippen molar-refractivity contribution in [3.05, 3.63) is 23.8 Å². The van der Waals surface area contributed by atoms with Gasteiger partial charge in [-0.05, 0) is 44.1 Å². The van der Waals surface area contributed by atoms with Crippen LogP contribution in [0.25, 0.3) is 0 Å². The summed E-state index contributed by atoms with van der Waals surface area (Å²) >= 11 is 0. The molecule has 1 aromatic carbocycles. The van der Waals surface area contributed by atoms with Crippen molar-refractivity contribution in [3.63, 3.8) is 0 Å². The molecule has 0 bridgehead atoms. The van der Waals surface area contributed by atoms with Gasteiger partial charge in [-0.3, -0.25) is 0 Å². The van der Waals surface area contributed by atoms with E-state index in [0.29, 0.717) is 0 Å².